The highest BCUT2D eigenvalue weighted by molar-refractivity contribution is 6.30. The van der Waals surface area contributed by atoms with Gasteiger partial charge < -0.3 is 0 Å². The van der Waals surface area contributed by atoms with Gasteiger partial charge in [0.1, 0.15) is 11.0 Å². The maximum absolute atomic E-state index is 6.24. The lowest BCUT2D eigenvalue weighted by Gasteiger charge is -2.24. The summed E-state index contributed by atoms with van der Waals surface area (Å²) in [7, 11) is 0. The van der Waals surface area contributed by atoms with Crippen molar-refractivity contribution >= 4 is 11.6 Å². The number of nitrogens with zero attached hydrogens (tertiary/aromatic N) is 2. The molecule has 0 unspecified atom stereocenters. The van der Waals surface area contributed by atoms with Crippen molar-refractivity contribution in [1.29, 1.82) is 0 Å². The number of benzene rings is 1. The quantitative estimate of drug-likeness (QED) is 0.779. The van der Waals surface area contributed by atoms with Gasteiger partial charge >= 0.3 is 0 Å². The third-order valence-corrected chi connectivity index (χ3v) is 3.94. The zero-order valence-corrected chi connectivity index (χ0v) is 12.6. The van der Waals surface area contributed by atoms with Crippen LogP contribution in [0.5, 0.6) is 0 Å². The fraction of sp³-hybridized carbons (Fsp3) is 0.375. The maximum Gasteiger partial charge on any atom is 0.140 e. The van der Waals surface area contributed by atoms with Crippen LogP contribution in [0.4, 0.5) is 0 Å². The molecule has 1 aromatic heterocycles. The molecule has 0 N–H and O–H groups in total. The summed E-state index contributed by atoms with van der Waals surface area (Å²) in [5, 5.41) is 0.561. The van der Waals surface area contributed by atoms with Gasteiger partial charge in [-0.15, -0.1) is 0 Å². The van der Waals surface area contributed by atoms with E-state index in [0.717, 1.165) is 23.5 Å². The molecule has 0 spiro atoms. The number of aromatic nitrogens is 2. The van der Waals surface area contributed by atoms with E-state index in [2.05, 4.69) is 37.9 Å². The van der Waals surface area contributed by atoms with Crippen molar-refractivity contribution in [3.63, 3.8) is 0 Å². The van der Waals surface area contributed by atoms with E-state index < -0.39 is 0 Å². The van der Waals surface area contributed by atoms with Gasteiger partial charge in [0, 0.05) is 16.7 Å². The van der Waals surface area contributed by atoms with Crippen LogP contribution in [0.3, 0.4) is 0 Å². The molecule has 0 aliphatic rings. The fourth-order valence-corrected chi connectivity index (χ4v) is 2.33. The van der Waals surface area contributed by atoms with E-state index in [0.29, 0.717) is 5.15 Å². The van der Waals surface area contributed by atoms with E-state index in [9.17, 15) is 0 Å². The van der Waals surface area contributed by atoms with Gasteiger partial charge in [-0.3, -0.25) is 0 Å². The number of aryl methyl sites for hydroxylation is 1. The van der Waals surface area contributed by atoms with E-state index in [1.807, 2.05) is 25.1 Å². The number of rotatable bonds is 3. The maximum atomic E-state index is 6.24. The first kappa shape index (κ1) is 14.0. The van der Waals surface area contributed by atoms with Crippen LogP contribution in [-0.4, -0.2) is 9.97 Å². The van der Waals surface area contributed by atoms with Crippen molar-refractivity contribution in [3.8, 4) is 0 Å². The van der Waals surface area contributed by atoms with Gasteiger partial charge in [0.15, 0.2) is 0 Å². The van der Waals surface area contributed by atoms with Crippen LogP contribution in [0.2, 0.25) is 5.15 Å². The van der Waals surface area contributed by atoms with Crippen molar-refractivity contribution in [2.24, 2.45) is 0 Å². The van der Waals surface area contributed by atoms with Gasteiger partial charge in [-0.1, -0.05) is 48.9 Å². The Kier molecular flexibility index (Phi) is 3.91. The molecule has 0 radical (unpaired) electrons. The standard InChI is InChI=1S/C16H19ClN2/c1-5-13-11(2)14(17)19-15(18-13)16(3,4)12-9-7-6-8-10-12/h6-10H,5H2,1-4H3. The summed E-state index contributed by atoms with van der Waals surface area (Å²) in [5.41, 5.74) is 2.95. The van der Waals surface area contributed by atoms with Gasteiger partial charge in [-0.25, -0.2) is 9.97 Å². The molecule has 0 atom stereocenters. The van der Waals surface area contributed by atoms with E-state index in [-0.39, 0.29) is 5.41 Å². The minimum absolute atomic E-state index is 0.247. The number of halogens is 1. The topological polar surface area (TPSA) is 25.8 Å². The third-order valence-electron chi connectivity index (χ3n) is 3.58. The number of hydrogen-bond acceptors (Lipinski definition) is 2. The highest BCUT2D eigenvalue weighted by Crippen LogP contribution is 2.30. The Balaban J connectivity index is 2.55. The van der Waals surface area contributed by atoms with Crippen molar-refractivity contribution in [2.45, 2.75) is 39.5 Å². The molecule has 2 rings (SSSR count). The van der Waals surface area contributed by atoms with Crippen molar-refractivity contribution in [1.82, 2.24) is 9.97 Å². The second-order valence-corrected chi connectivity index (χ2v) is 5.61. The Morgan fingerprint density at radius 3 is 2.32 bits per heavy atom. The largest absolute Gasteiger partial charge is 0.237 e. The molecule has 0 amide bonds. The third kappa shape index (κ3) is 2.64. The smallest absolute Gasteiger partial charge is 0.140 e. The molecule has 0 fully saturated rings. The molecule has 2 nitrogen and oxygen atoms in total. The molecule has 0 aliphatic heterocycles. The Bertz CT molecular complexity index is 577. The van der Waals surface area contributed by atoms with Gasteiger partial charge in [-0.05, 0) is 32.8 Å². The van der Waals surface area contributed by atoms with E-state index >= 15 is 0 Å². The molecule has 0 aliphatic carbocycles. The van der Waals surface area contributed by atoms with Crippen molar-refractivity contribution in [3.05, 3.63) is 58.1 Å². The van der Waals surface area contributed by atoms with E-state index in [1.165, 1.54) is 5.56 Å². The molecule has 0 saturated carbocycles. The van der Waals surface area contributed by atoms with Crippen LogP contribution in [0.15, 0.2) is 30.3 Å². The highest BCUT2D eigenvalue weighted by Gasteiger charge is 2.27. The predicted molar refractivity (Wildman–Crippen MR) is 79.7 cm³/mol. The SMILES string of the molecule is CCc1nc(C(C)(C)c2ccccc2)nc(Cl)c1C. The van der Waals surface area contributed by atoms with Gasteiger partial charge in [0.05, 0.1) is 0 Å². The monoisotopic (exact) mass is 274 g/mol. The Hall–Kier alpha value is -1.41. The molecule has 1 aromatic carbocycles. The summed E-state index contributed by atoms with van der Waals surface area (Å²) in [4.78, 5) is 9.19. The van der Waals surface area contributed by atoms with Crippen LogP contribution in [0, 0.1) is 6.92 Å². The summed E-state index contributed by atoms with van der Waals surface area (Å²) >= 11 is 6.24. The zero-order chi connectivity index (χ0) is 14.0. The Morgan fingerprint density at radius 2 is 1.74 bits per heavy atom. The molecule has 1 heterocycles. The van der Waals surface area contributed by atoms with Crippen LogP contribution in [-0.2, 0) is 11.8 Å². The summed E-state index contributed by atoms with van der Waals surface area (Å²) in [6, 6.07) is 10.3. The lowest BCUT2D eigenvalue weighted by Crippen LogP contribution is -2.23. The molecule has 0 saturated heterocycles. The second-order valence-electron chi connectivity index (χ2n) is 5.25. The number of hydrogen-bond donors (Lipinski definition) is 0. The lowest BCUT2D eigenvalue weighted by molar-refractivity contribution is 0.584. The summed E-state index contributed by atoms with van der Waals surface area (Å²) < 4.78 is 0. The average Bonchev–Trinajstić information content (AvgIpc) is 2.42. The molecular weight excluding hydrogens is 256 g/mol. The van der Waals surface area contributed by atoms with Crippen LogP contribution < -0.4 is 0 Å². The summed E-state index contributed by atoms with van der Waals surface area (Å²) in [6.45, 7) is 8.32. The fourth-order valence-electron chi connectivity index (χ4n) is 2.14. The van der Waals surface area contributed by atoms with Crippen molar-refractivity contribution in [2.75, 3.05) is 0 Å². The second kappa shape index (κ2) is 5.30. The molecule has 0 bridgehead atoms. The van der Waals surface area contributed by atoms with Gasteiger partial charge in [-0.2, -0.15) is 0 Å². The molecule has 2 aromatic rings. The van der Waals surface area contributed by atoms with Gasteiger partial charge in [0.2, 0.25) is 0 Å². The van der Waals surface area contributed by atoms with Gasteiger partial charge in [0.25, 0.3) is 0 Å². The Labute approximate surface area is 119 Å². The minimum atomic E-state index is -0.247. The van der Waals surface area contributed by atoms with Crippen LogP contribution >= 0.6 is 11.6 Å². The predicted octanol–water partition coefficient (Wildman–Crippen LogP) is 4.33. The lowest BCUT2D eigenvalue weighted by atomic mass is 9.83. The normalized spacial score (nSPS) is 11.6. The average molecular weight is 275 g/mol. The molecule has 100 valence electrons. The molecule has 3 heteroatoms. The summed E-state index contributed by atoms with van der Waals surface area (Å²) in [6.07, 6.45) is 0.867. The molecule has 19 heavy (non-hydrogen) atoms. The van der Waals surface area contributed by atoms with E-state index in [4.69, 9.17) is 16.6 Å². The van der Waals surface area contributed by atoms with Crippen LogP contribution in [0.25, 0.3) is 0 Å². The Morgan fingerprint density at radius 1 is 1.11 bits per heavy atom. The molecular formula is C16H19ClN2. The first-order chi connectivity index (χ1) is 8.96. The zero-order valence-electron chi connectivity index (χ0n) is 11.9. The highest BCUT2D eigenvalue weighted by atomic mass is 35.5. The van der Waals surface area contributed by atoms with E-state index in [1.54, 1.807) is 0 Å². The van der Waals surface area contributed by atoms with Crippen LogP contribution in [0.1, 0.15) is 43.4 Å². The van der Waals surface area contributed by atoms with Crippen molar-refractivity contribution < 1.29 is 0 Å². The first-order valence-electron chi connectivity index (χ1n) is 6.55. The first-order valence-corrected chi connectivity index (χ1v) is 6.93. The summed E-state index contributed by atoms with van der Waals surface area (Å²) in [5.74, 6) is 0.783. The minimum Gasteiger partial charge on any atom is -0.237 e.